The summed E-state index contributed by atoms with van der Waals surface area (Å²) in [5, 5.41) is 22.7. The van der Waals surface area contributed by atoms with Gasteiger partial charge in [-0.25, -0.2) is 4.99 Å². The number of amides is 1. The third-order valence-electron chi connectivity index (χ3n) is 3.61. The number of carbonyl (C=O) groups is 1. The van der Waals surface area contributed by atoms with Gasteiger partial charge in [0.1, 0.15) is 11.5 Å². The fourth-order valence-corrected chi connectivity index (χ4v) is 3.53. The SMILES string of the molecule is Cc1ccc(N=C2NC(=O)/C(=C/c3cc(Br)c(O)cc3O)S2)c(C)c1. The predicted octanol–water partition coefficient (Wildman–Crippen LogP) is 4.37. The minimum atomic E-state index is -0.280. The van der Waals surface area contributed by atoms with E-state index in [1.165, 1.54) is 17.8 Å². The lowest BCUT2D eigenvalue weighted by Crippen LogP contribution is -2.19. The fraction of sp³-hybridized carbons (Fsp3) is 0.111. The van der Waals surface area contributed by atoms with Gasteiger partial charge in [-0.2, -0.15) is 0 Å². The van der Waals surface area contributed by atoms with Gasteiger partial charge in [-0.3, -0.25) is 4.79 Å². The molecule has 128 valence electrons. The minimum Gasteiger partial charge on any atom is -0.507 e. The number of nitrogens with zero attached hydrogens (tertiary/aromatic N) is 1. The van der Waals surface area contributed by atoms with Gasteiger partial charge >= 0.3 is 0 Å². The van der Waals surface area contributed by atoms with Gasteiger partial charge in [0.25, 0.3) is 5.91 Å². The number of aryl methyl sites for hydroxylation is 2. The molecule has 2 aromatic rings. The van der Waals surface area contributed by atoms with Crippen molar-refractivity contribution in [2.24, 2.45) is 4.99 Å². The first-order valence-electron chi connectivity index (χ1n) is 7.42. The molecule has 0 radical (unpaired) electrons. The maximum absolute atomic E-state index is 12.2. The van der Waals surface area contributed by atoms with E-state index in [2.05, 4.69) is 26.2 Å². The number of halogens is 1. The number of hydrogen-bond donors (Lipinski definition) is 3. The van der Waals surface area contributed by atoms with E-state index >= 15 is 0 Å². The molecule has 1 heterocycles. The van der Waals surface area contributed by atoms with Crippen molar-refractivity contribution < 1.29 is 15.0 Å². The summed E-state index contributed by atoms with van der Waals surface area (Å²) in [5.41, 5.74) is 3.40. The number of nitrogens with one attached hydrogen (secondary N) is 1. The molecule has 1 aliphatic rings. The van der Waals surface area contributed by atoms with E-state index in [0.29, 0.717) is 20.1 Å². The van der Waals surface area contributed by atoms with Crippen LogP contribution in [0.2, 0.25) is 0 Å². The summed E-state index contributed by atoms with van der Waals surface area (Å²) in [4.78, 5) is 17.1. The van der Waals surface area contributed by atoms with Crippen LogP contribution in [0.5, 0.6) is 11.5 Å². The molecule has 0 spiro atoms. The lowest BCUT2D eigenvalue weighted by Gasteiger charge is -2.03. The normalized spacial score (nSPS) is 17.3. The smallest absolute Gasteiger partial charge is 0.264 e. The third kappa shape index (κ3) is 3.88. The number of phenolic OH excluding ortho intramolecular Hbond substituents is 2. The number of phenols is 2. The molecule has 0 aliphatic carbocycles. The summed E-state index contributed by atoms with van der Waals surface area (Å²) in [5.74, 6) is -0.459. The topological polar surface area (TPSA) is 81.9 Å². The molecule has 3 rings (SSSR count). The lowest BCUT2D eigenvalue weighted by atomic mass is 10.1. The van der Waals surface area contributed by atoms with Crippen LogP contribution in [0.1, 0.15) is 16.7 Å². The van der Waals surface area contributed by atoms with Crippen molar-refractivity contribution >= 4 is 50.5 Å². The Bertz CT molecular complexity index is 938. The maximum Gasteiger partial charge on any atom is 0.264 e. The second-order valence-electron chi connectivity index (χ2n) is 5.63. The molecule has 0 aromatic heterocycles. The number of amidine groups is 1. The average Bonchev–Trinajstić information content (AvgIpc) is 2.87. The summed E-state index contributed by atoms with van der Waals surface area (Å²) >= 11 is 4.39. The van der Waals surface area contributed by atoms with Crippen LogP contribution in [0.25, 0.3) is 6.08 Å². The van der Waals surface area contributed by atoms with Gasteiger partial charge < -0.3 is 15.5 Å². The second kappa shape index (κ2) is 6.93. The number of aliphatic imine (C=N–C) groups is 1. The quantitative estimate of drug-likeness (QED) is 0.632. The fourth-order valence-electron chi connectivity index (χ4n) is 2.34. The largest absolute Gasteiger partial charge is 0.507 e. The van der Waals surface area contributed by atoms with Crippen molar-refractivity contribution in [2.45, 2.75) is 13.8 Å². The number of hydrogen-bond acceptors (Lipinski definition) is 5. The molecule has 25 heavy (non-hydrogen) atoms. The van der Waals surface area contributed by atoms with Crippen molar-refractivity contribution in [1.82, 2.24) is 5.32 Å². The van der Waals surface area contributed by atoms with E-state index in [4.69, 9.17) is 0 Å². The van der Waals surface area contributed by atoms with E-state index in [1.807, 2.05) is 32.0 Å². The van der Waals surface area contributed by atoms with Gasteiger partial charge in [0, 0.05) is 11.6 Å². The zero-order valence-electron chi connectivity index (χ0n) is 13.5. The minimum absolute atomic E-state index is 0.0692. The Morgan fingerprint density at radius 1 is 1.16 bits per heavy atom. The third-order valence-corrected chi connectivity index (χ3v) is 5.15. The van der Waals surface area contributed by atoms with Gasteiger partial charge in [-0.05, 0) is 65.3 Å². The molecule has 0 saturated carbocycles. The Labute approximate surface area is 157 Å². The van der Waals surface area contributed by atoms with Crippen LogP contribution in [-0.4, -0.2) is 21.3 Å². The number of rotatable bonds is 2. The first-order chi connectivity index (χ1) is 11.8. The number of carbonyl (C=O) groups excluding carboxylic acids is 1. The molecule has 0 atom stereocenters. The zero-order chi connectivity index (χ0) is 18.1. The van der Waals surface area contributed by atoms with Crippen LogP contribution < -0.4 is 5.32 Å². The lowest BCUT2D eigenvalue weighted by molar-refractivity contribution is -0.115. The summed E-state index contributed by atoms with van der Waals surface area (Å²) in [7, 11) is 0. The molecule has 1 saturated heterocycles. The van der Waals surface area contributed by atoms with Crippen LogP contribution in [0.3, 0.4) is 0 Å². The molecule has 0 bridgehead atoms. The van der Waals surface area contributed by atoms with E-state index in [0.717, 1.165) is 16.8 Å². The van der Waals surface area contributed by atoms with Crippen molar-refractivity contribution in [3.8, 4) is 11.5 Å². The van der Waals surface area contributed by atoms with Gasteiger partial charge in [-0.1, -0.05) is 17.7 Å². The number of benzene rings is 2. The van der Waals surface area contributed by atoms with Crippen LogP contribution in [0.4, 0.5) is 5.69 Å². The highest BCUT2D eigenvalue weighted by molar-refractivity contribution is 9.10. The van der Waals surface area contributed by atoms with Crippen LogP contribution in [-0.2, 0) is 4.79 Å². The van der Waals surface area contributed by atoms with Gasteiger partial charge in [0.05, 0.1) is 15.1 Å². The highest BCUT2D eigenvalue weighted by Crippen LogP contribution is 2.35. The molecule has 2 aromatic carbocycles. The summed E-state index contributed by atoms with van der Waals surface area (Å²) in [6.45, 7) is 3.98. The Morgan fingerprint density at radius 2 is 1.92 bits per heavy atom. The molecule has 1 aliphatic heterocycles. The summed E-state index contributed by atoms with van der Waals surface area (Å²) < 4.78 is 0.435. The first kappa shape index (κ1) is 17.6. The Kier molecular flexibility index (Phi) is 4.87. The number of aromatic hydroxyl groups is 2. The Hall–Kier alpha value is -2.25. The molecule has 5 nitrogen and oxygen atoms in total. The summed E-state index contributed by atoms with van der Waals surface area (Å²) in [6, 6.07) is 8.68. The van der Waals surface area contributed by atoms with Crippen LogP contribution in [0, 0.1) is 13.8 Å². The highest BCUT2D eigenvalue weighted by atomic mass is 79.9. The molecule has 7 heteroatoms. The highest BCUT2D eigenvalue weighted by Gasteiger charge is 2.24. The molecule has 3 N–H and O–H groups in total. The molecule has 1 amide bonds. The monoisotopic (exact) mass is 418 g/mol. The number of thioether (sulfide) groups is 1. The second-order valence-corrected chi connectivity index (χ2v) is 7.52. The van der Waals surface area contributed by atoms with Crippen LogP contribution >= 0.6 is 27.7 Å². The predicted molar refractivity (Wildman–Crippen MR) is 104 cm³/mol. The van der Waals surface area contributed by atoms with E-state index < -0.39 is 0 Å². The van der Waals surface area contributed by atoms with Crippen molar-refractivity contribution in [2.75, 3.05) is 0 Å². The molecular formula is C18H15BrN2O3S. The zero-order valence-corrected chi connectivity index (χ0v) is 15.9. The van der Waals surface area contributed by atoms with Crippen molar-refractivity contribution in [1.29, 1.82) is 0 Å². The van der Waals surface area contributed by atoms with Crippen molar-refractivity contribution in [3.05, 3.63) is 56.4 Å². The standard InChI is InChI=1S/C18H15BrN2O3S/c1-9-3-4-13(10(2)5-9)20-18-21-17(24)16(25-18)7-11-6-12(19)15(23)8-14(11)22/h3-8,22-23H,1-2H3,(H,20,21,24)/b16-7-. The maximum atomic E-state index is 12.2. The molecular weight excluding hydrogens is 404 g/mol. The summed E-state index contributed by atoms with van der Waals surface area (Å²) in [6.07, 6.45) is 1.56. The van der Waals surface area contributed by atoms with E-state index in [1.54, 1.807) is 12.1 Å². The van der Waals surface area contributed by atoms with Gasteiger partial charge in [0.15, 0.2) is 5.17 Å². The molecule has 0 unspecified atom stereocenters. The van der Waals surface area contributed by atoms with E-state index in [9.17, 15) is 15.0 Å². The Balaban J connectivity index is 1.90. The van der Waals surface area contributed by atoms with Crippen molar-refractivity contribution in [3.63, 3.8) is 0 Å². The van der Waals surface area contributed by atoms with Gasteiger partial charge in [-0.15, -0.1) is 0 Å². The van der Waals surface area contributed by atoms with Gasteiger partial charge in [0.2, 0.25) is 0 Å². The average molecular weight is 419 g/mol. The Morgan fingerprint density at radius 3 is 2.64 bits per heavy atom. The van der Waals surface area contributed by atoms with E-state index in [-0.39, 0.29) is 17.4 Å². The van der Waals surface area contributed by atoms with Crippen LogP contribution in [0.15, 0.2) is 44.7 Å². The first-order valence-corrected chi connectivity index (χ1v) is 9.03. The molecule has 1 fully saturated rings.